The van der Waals surface area contributed by atoms with E-state index in [1.165, 1.54) is 12.1 Å². The molecule has 6 heteroatoms. The minimum atomic E-state index is -0.314. The van der Waals surface area contributed by atoms with Crippen LogP contribution in [0.1, 0.15) is 23.6 Å². The number of hydrogen-bond donors (Lipinski definition) is 3. The van der Waals surface area contributed by atoms with Crippen LogP contribution >= 0.6 is 0 Å². The van der Waals surface area contributed by atoms with Crippen molar-refractivity contribution >= 4 is 5.69 Å². The molecule has 0 aliphatic rings. The number of hydrazine groups is 1. The Hall–Kier alpha value is -1.92. The number of nitrogen functional groups attached to an aromatic ring is 1. The van der Waals surface area contributed by atoms with Crippen molar-refractivity contribution in [2.24, 2.45) is 12.9 Å². The summed E-state index contributed by atoms with van der Waals surface area (Å²) in [5.74, 6) is 5.23. The average Bonchev–Trinajstić information content (AvgIpc) is 2.80. The minimum Gasteiger partial charge on any atom is -0.398 e. The van der Waals surface area contributed by atoms with E-state index < -0.39 is 0 Å². The molecule has 1 aromatic carbocycles. The fourth-order valence-electron chi connectivity index (χ4n) is 2.09. The van der Waals surface area contributed by atoms with Crippen LogP contribution in [0.5, 0.6) is 0 Å². The molecule has 1 heterocycles. The Morgan fingerprint density at radius 3 is 2.89 bits per heavy atom. The van der Waals surface area contributed by atoms with E-state index in [0.717, 1.165) is 18.4 Å². The van der Waals surface area contributed by atoms with Crippen LogP contribution in [-0.2, 0) is 13.5 Å². The van der Waals surface area contributed by atoms with Crippen molar-refractivity contribution in [2.75, 3.05) is 5.73 Å². The largest absolute Gasteiger partial charge is 0.398 e. The van der Waals surface area contributed by atoms with Crippen LogP contribution in [-0.4, -0.2) is 9.78 Å². The molecule has 0 spiro atoms. The van der Waals surface area contributed by atoms with Gasteiger partial charge in [-0.1, -0.05) is 0 Å². The van der Waals surface area contributed by atoms with Gasteiger partial charge in [-0.2, -0.15) is 5.10 Å². The van der Waals surface area contributed by atoms with Crippen molar-refractivity contribution < 1.29 is 4.39 Å². The molecule has 2 rings (SSSR count). The van der Waals surface area contributed by atoms with Gasteiger partial charge in [-0.15, -0.1) is 0 Å². The number of anilines is 1. The summed E-state index contributed by atoms with van der Waals surface area (Å²) in [6, 6.07) is 4.13. The van der Waals surface area contributed by atoms with Crippen LogP contribution < -0.4 is 17.0 Å². The van der Waals surface area contributed by atoms with E-state index in [0.29, 0.717) is 11.3 Å². The van der Waals surface area contributed by atoms with E-state index in [9.17, 15) is 4.39 Å². The molecule has 0 amide bonds. The molecule has 19 heavy (non-hydrogen) atoms. The second kappa shape index (κ2) is 5.81. The fourth-order valence-corrected chi connectivity index (χ4v) is 2.09. The summed E-state index contributed by atoms with van der Waals surface area (Å²) in [5.41, 5.74) is 10.9. The topological polar surface area (TPSA) is 81.9 Å². The van der Waals surface area contributed by atoms with Gasteiger partial charge >= 0.3 is 0 Å². The van der Waals surface area contributed by atoms with E-state index in [2.05, 4.69) is 10.5 Å². The number of aromatic nitrogens is 2. The van der Waals surface area contributed by atoms with Gasteiger partial charge in [0, 0.05) is 25.0 Å². The summed E-state index contributed by atoms with van der Waals surface area (Å²) < 4.78 is 15.0. The van der Waals surface area contributed by atoms with E-state index >= 15 is 0 Å². The molecule has 0 aliphatic heterocycles. The summed E-state index contributed by atoms with van der Waals surface area (Å²) in [7, 11) is 1.87. The number of nitrogens with one attached hydrogen (secondary N) is 1. The van der Waals surface area contributed by atoms with Crippen molar-refractivity contribution in [1.82, 2.24) is 15.2 Å². The van der Waals surface area contributed by atoms with Crippen LogP contribution in [0.2, 0.25) is 0 Å². The molecular formula is C13H18FN5. The lowest BCUT2D eigenvalue weighted by Crippen LogP contribution is -2.29. The third-order valence-corrected chi connectivity index (χ3v) is 3.11. The molecule has 1 aromatic heterocycles. The molecule has 102 valence electrons. The van der Waals surface area contributed by atoms with Crippen LogP contribution in [0.25, 0.3) is 0 Å². The summed E-state index contributed by atoms with van der Waals surface area (Å²) in [4.78, 5) is 0. The Labute approximate surface area is 111 Å². The summed E-state index contributed by atoms with van der Waals surface area (Å²) in [6.07, 6.45) is 5.26. The average molecular weight is 263 g/mol. The van der Waals surface area contributed by atoms with Gasteiger partial charge in [0.2, 0.25) is 0 Å². The van der Waals surface area contributed by atoms with Crippen molar-refractivity contribution in [1.29, 1.82) is 0 Å². The van der Waals surface area contributed by atoms with E-state index in [4.69, 9.17) is 11.6 Å². The first-order valence-electron chi connectivity index (χ1n) is 6.08. The fraction of sp³-hybridized carbons (Fsp3) is 0.308. The molecule has 1 unspecified atom stereocenters. The number of aryl methyl sites for hydroxylation is 2. The van der Waals surface area contributed by atoms with Gasteiger partial charge in [0.25, 0.3) is 0 Å². The molecule has 0 bridgehead atoms. The summed E-state index contributed by atoms with van der Waals surface area (Å²) >= 11 is 0. The van der Waals surface area contributed by atoms with E-state index in [-0.39, 0.29) is 11.9 Å². The Morgan fingerprint density at radius 2 is 2.26 bits per heavy atom. The maximum absolute atomic E-state index is 13.3. The Bertz CT molecular complexity index is 552. The van der Waals surface area contributed by atoms with Gasteiger partial charge in [-0.3, -0.25) is 16.0 Å². The van der Waals surface area contributed by atoms with Crippen molar-refractivity contribution in [2.45, 2.75) is 18.9 Å². The summed E-state index contributed by atoms with van der Waals surface area (Å²) in [5, 5.41) is 4.11. The normalized spacial score (nSPS) is 12.6. The van der Waals surface area contributed by atoms with E-state index in [1.807, 2.05) is 19.4 Å². The molecule has 2 aromatic rings. The second-order valence-corrected chi connectivity index (χ2v) is 4.55. The highest BCUT2D eigenvalue weighted by Crippen LogP contribution is 2.24. The second-order valence-electron chi connectivity index (χ2n) is 4.55. The lowest BCUT2D eigenvalue weighted by Gasteiger charge is -2.18. The predicted molar refractivity (Wildman–Crippen MR) is 72.4 cm³/mol. The van der Waals surface area contributed by atoms with Gasteiger partial charge in [-0.25, -0.2) is 4.39 Å². The van der Waals surface area contributed by atoms with Crippen LogP contribution in [0.3, 0.4) is 0 Å². The molecular weight excluding hydrogens is 245 g/mol. The van der Waals surface area contributed by atoms with Gasteiger partial charge in [-0.05, 0) is 42.2 Å². The van der Waals surface area contributed by atoms with Crippen LogP contribution in [0.4, 0.5) is 10.1 Å². The maximum Gasteiger partial charge on any atom is 0.123 e. The molecule has 5 nitrogen and oxygen atoms in total. The SMILES string of the molecule is Cn1cc(CCC(NN)c2cc(F)ccc2N)cn1. The summed E-state index contributed by atoms with van der Waals surface area (Å²) in [6.45, 7) is 0. The standard InChI is InChI=1S/C13H18FN5/c1-19-8-9(7-17-19)2-5-13(18-16)11-6-10(14)3-4-12(11)15/h3-4,6-8,13,18H,2,5,15-16H2,1H3. The number of nitrogens with two attached hydrogens (primary N) is 2. The zero-order valence-corrected chi connectivity index (χ0v) is 10.8. The van der Waals surface area contributed by atoms with Gasteiger partial charge in [0.1, 0.15) is 5.82 Å². The lowest BCUT2D eigenvalue weighted by atomic mass is 9.99. The Kier molecular flexibility index (Phi) is 4.13. The van der Waals surface area contributed by atoms with E-state index in [1.54, 1.807) is 10.7 Å². The molecule has 5 N–H and O–H groups in total. The quantitative estimate of drug-likeness (QED) is 0.431. The highest BCUT2D eigenvalue weighted by atomic mass is 19.1. The minimum absolute atomic E-state index is 0.184. The zero-order valence-electron chi connectivity index (χ0n) is 10.8. The molecule has 0 saturated carbocycles. The highest BCUT2D eigenvalue weighted by Gasteiger charge is 2.14. The van der Waals surface area contributed by atoms with Crippen LogP contribution in [0.15, 0.2) is 30.6 Å². The lowest BCUT2D eigenvalue weighted by molar-refractivity contribution is 0.513. The molecule has 0 fully saturated rings. The first-order valence-corrected chi connectivity index (χ1v) is 6.08. The van der Waals surface area contributed by atoms with Gasteiger partial charge < -0.3 is 5.73 Å². The first-order chi connectivity index (χ1) is 9.10. The number of benzene rings is 1. The number of nitrogens with zero attached hydrogens (tertiary/aromatic N) is 2. The third-order valence-electron chi connectivity index (χ3n) is 3.11. The maximum atomic E-state index is 13.3. The number of rotatable bonds is 5. The smallest absolute Gasteiger partial charge is 0.123 e. The number of hydrogen-bond acceptors (Lipinski definition) is 4. The molecule has 1 atom stereocenters. The molecule has 0 saturated heterocycles. The molecule has 0 radical (unpaired) electrons. The first kappa shape index (κ1) is 13.5. The van der Waals surface area contributed by atoms with Crippen molar-refractivity contribution in [3.05, 3.63) is 47.5 Å². The third kappa shape index (κ3) is 3.30. The van der Waals surface area contributed by atoms with Crippen molar-refractivity contribution in [3.63, 3.8) is 0 Å². The monoisotopic (exact) mass is 263 g/mol. The molecule has 0 aliphatic carbocycles. The van der Waals surface area contributed by atoms with Crippen LogP contribution in [0, 0.1) is 5.82 Å². The predicted octanol–water partition coefficient (Wildman–Crippen LogP) is 1.28. The Morgan fingerprint density at radius 1 is 1.47 bits per heavy atom. The van der Waals surface area contributed by atoms with Gasteiger partial charge in [0.05, 0.1) is 6.20 Å². The highest BCUT2D eigenvalue weighted by molar-refractivity contribution is 5.48. The van der Waals surface area contributed by atoms with Crippen molar-refractivity contribution in [3.8, 4) is 0 Å². The van der Waals surface area contributed by atoms with Gasteiger partial charge in [0.15, 0.2) is 0 Å². The number of halogens is 1. The Balaban J connectivity index is 2.09. The zero-order chi connectivity index (χ0) is 13.8.